The van der Waals surface area contributed by atoms with E-state index >= 15 is 0 Å². The first kappa shape index (κ1) is 15.3. The lowest BCUT2D eigenvalue weighted by atomic mass is 10.3. The Kier molecular flexibility index (Phi) is 4.73. The van der Waals surface area contributed by atoms with Crippen molar-refractivity contribution in [3.8, 4) is 5.75 Å². The molecule has 23 heavy (non-hydrogen) atoms. The van der Waals surface area contributed by atoms with Gasteiger partial charge in [-0.05, 0) is 48.5 Å². The van der Waals surface area contributed by atoms with Crippen molar-refractivity contribution in [2.75, 3.05) is 17.7 Å². The van der Waals surface area contributed by atoms with Crippen LogP contribution in [0.25, 0.3) is 0 Å². The fraction of sp³-hybridized carbons (Fsp3) is 0.0588. The Morgan fingerprint density at radius 2 is 1.78 bits per heavy atom. The summed E-state index contributed by atoms with van der Waals surface area (Å²) < 4.78 is 6.15. The zero-order valence-electron chi connectivity index (χ0n) is 12.5. The Morgan fingerprint density at radius 1 is 0.957 bits per heavy atom. The zero-order chi connectivity index (χ0) is 16.1. The third-order valence-corrected chi connectivity index (χ3v) is 3.59. The summed E-state index contributed by atoms with van der Waals surface area (Å²) in [6.45, 7) is 0. The number of nitrogens with one attached hydrogen (secondary N) is 2. The molecule has 0 aliphatic rings. The Hall–Kier alpha value is -2.60. The van der Waals surface area contributed by atoms with Crippen LogP contribution in [0.4, 0.5) is 23.1 Å². The molecule has 0 atom stereocenters. The summed E-state index contributed by atoms with van der Waals surface area (Å²) in [5.74, 6) is 2.05. The molecule has 2 N–H and O–H groups in total. The van der Waals surface area contributed by atoms with Crippen LogP contribution in [0.15, 0.2) is 65.3 Å². The van der Waals surface area contributed by atoms with Gasteiger partial charge in [0.1, 0.15) is 11.6 Å². The second kappa shape index (κ2) is 7.11. The van der Waals surface area contributed by atoms with Crippen molar-refractivity contribution in [1.29, 1.82) is 0 Å². The molecule has 0 saturated carbocycles. The quantitative estimate of drug-likeness (QED) is 0.679. The fourth-order valence-electron chi connectivity index (χ4n) is 2.01. The maximum Gasteiger partial charge on any atom is 0.229 e. The number of rotatable bonds is 5. The molecule has 6 heteroatoms. The highest BCUT2D eigenvalue weighted by Gasteiger charge is 2.02. The van der Waals surface area contributed by atoms with Crippen LogP contribution in [0.3, 0.4) is 0 Å². The molecule has 0 aliphatic heterocycles. The molecule has 0 amide bonds. The number of anilines is 4. The predicted molar refractivity (Wildman–Crippen MR) is 95.7 cm³/mol. The van der Waals surface area contributed by atoms with Crippen molar-refractivity contribution in [3.63, 3.8) is 0 Å². The summed E-state index contributed by atoms with van der Waals surface area (Å²) in [4.78, 5) is 8.69. The van der Waals surface area contributed by atoms with Gasteiger partial charge >= 0.3 is 0 Å². The van der Waals surface area contributed by atoms with Crippen molar-refractivity contribution < 1.29 is 4.74 Å². The summed E-state index contributed by atoms with van der Waals surface area (Å²) in [7, 11) is 1.64. The van der Waals surface area contributed by atoms with Crippen LogP contribution < -0.4 is 15.4 Å². The van der Waals surface area contributed by atoms with Gasteiger partial charge in [0.15, 0.2) is 0 Å². The standard InChI is InChI=1S/C17H15BrN4O/c1-23-15-7-5-13(6-8-15)21-17-19-10-9-16(22-17)20-14-4-2-3-12(18)11-14/h2-11H,1H3,(H2,19,20,21,22). The highest BCUT2D eigenvalue weighted by Crippen LogP contribution is 2.21. The number of hydrogen-bond donors (Lipinski definition) is 2. The van der Waals surface area contributed by atoms with Crippen LogP contribution in [0.1, 0.15) is 0 Å². The van der Waals surface area contributed by atoms with E-state index in [-0.39, 0.29) is 0 Å². The molecule has 3 rings (SSSR count). The number of aromatic nitrogens is 2. The van der Waals surface area contributed by atoms with Gasteiger partial charge in [0.2, 0.25) is 5.95 Å². The summed E-state index contributed by atoms with van der Waals surface area (Å²) in [6, 6.07) is 17.3. The van der Waals surface area contributed by atoms with Gasteiger partial charge in [0.05, 0.1) is 7.11 Å². The van der Waals surface area contributed by atoms with Crippen LogP contribution in [0.2, 0.25) is 0 Å². The number of halogens is 1. The number of methoxy groups -OCH3 is 1. The van der Waals surface area contributed by atoms with E-state index in [1.807, 2.05) is 54.6 Å². The van der Waals surface area contributed by atoms with Crippen LogP contribution in [0, 0.1) is 0 Å². The van der Waals surface area contributed by atoms with E-state index in [0.29, 0.717) is 11.8 Å². The number of benzene rings is 2. The van der Waals surface area contributed by atoms with Crippen molar-refractivity contribution in [3.05, 3.63) is 65.3 Å². The lowest BCUT2D eigenvalue weighted by Crippen LogP contribution is -2.00. The Balaban J connectivity index is 1.74. The molecule has 0 spiro atoms. The molecule has 0 fully saturated rings. The number of nitrogens with zero attached hydrogens (tertiary/aromatic N) is 2. The lowest BCUT2D eigenvalue weighted by molar-refractivity contribution is 0.415. The van der Waals surface area contributed by atoms with E-state index in [4.69, 9.17) is 4.74 Å². The van der Waals surface area contributed by atoms with Crippen LogP contribution in [0.5, 0.6) is 5.75 Å². The summed E-state index contributed by atoms with van der Waals surface area (Å²) in [6.07, 6.45) is 1.71. The maximum absolute atomic E-state index is 5.14. The van der Waals surface area contributed by atoms with Gasteiger partial charge in [-0.3, -0.25) is 0 Å². The predicted octanol–water partition coefficient (Wildman–Crippen LogP) is 4.73. The van der Waals surface area contributed by atoms with Gasteiger partial charge in [0.25, 0.3) is 0 Å². The van der Waals surface area contributed by atoms with Gasteiger partial charge in [-0.1, -0.05) is 22.0 Å². The number of ether oxygens (including phenoxy) is 1. The van der Waals surface area contributed by atoms with Gasteiger partial charge in [-0.15, -0.1) is 0 Å². The normalized spacial score (nSPS) is 10.2. The van der Waals surface area contributed by atoms with E-state index in [0.717, 1.165) is 21.6 Å². The first-order valence-corrected chi connectivity index (χ1v) is 7.79. The molecule has 2 aromatic carbocycles. The Bertz CT molecular complexity index is 793. The van der Waals surface area contributed by atoms with Crippen molar-refractivity contribution in [2.45, 2.75) is 0 Å². The highest BCUT2D eigenvalue weighted by atomic mass is 79.9. The molecule has 0 radical (unpaired) electrons. The van der Waals surface area contributed by atoms with Crippen molar-refractivity contribution in [2.24, 2.45) is 0 Å². The third kappa shape index (κ3) is 4.20. The summed E-state index contributed by atoms with van der Waals surface area (Å²) in [5.41, 5.74) is 1.85. The van der Waals surface area contributed by atoms with E-state index in [9.17, 15) is 0 Å². The average Bonchev–Trinajstić information content (AvgIpc) is 2.56. The molecule has 3 aromatic rings. The van der Waals surface area contributed by atoms with E-state index < -0.39 is 0 Å². The number of hydrogen-bond acceptors (Lipinski definition) is 5. The molecular weight excluding hydrogens is 356 g/mol. The minimum Gasteiger partial charge on any atom is -0.497 e. The first-order valence-electron chi connectivity index (χ1n) is 7.00. The smallest absolute Gasteiger partial charge is 0.229 e. The van der Waals surface area contributed by atoms with Crippen molar-refractivity contribution >= 4 is 39.1 Å². The first-order chi connectivity index (χ1) is 11.2. The minimum absolute atomic E-state index is 0.523. The molecule has 0 unspecified atom stereocenters. The maximum atomic E-state index is 5.14. The second-order valence-corrected chi connectivity index (χ2v) is 5.67. The molecule has 0 bridgehead atoms. The zero-order valence-corrected chi connectivity index (χ0v) is 14.0. The van der Waals surface area contributed by atoms with E-state index in [2.05, 4.69) is 36.5 Å². The monoisotopic (exact) mass is 370 g/mol. The fourth-order valence-corrected chi connectivity index (χ4v) is 2.41. The molecule has 1 heterocycles. The second-order valence-electron chi connectivity index (χ2n) is 4.75. The molecular formula is C17H15BrN4O. The third-order valence-electron chi connectivity index (χ3n) is 3.10. The summed E-state index contributed by atoms with van der Waals surface area (Å²) >= 11 is 3.45. The van der Waals surface area contributed by atoms with Gasteiger partial charge in [-0.2, -0.15) is 4.98 Å². The topological polar surface area (TPSA) is 59.1 Å². The van der Waals surface area contributed by atoms with Gasteiger partial charge < -0.3 is 15.4 Å². The average molecular weight is 371 g/mol. The van der Waals surface area contributed by atoms with Gasteiger partial charge in [0, 0.05) is 22.0 Å². The van der Waals surface area contributed by atoms with Crippen molar-refractivity contribution in [1.82, 2.24) is 9.97 Å². The Morgan fingerprint density at radius 3 is 2.52 bits per heavy atom. The van der Waals surface area contributed by atoms with Crippen LogP contribution in [-0.2, 0) is 0 Å². The van der Waals surface area contributed by atoms with Crippen LogP contribution in [-0.4, -0.2) is 17.1 Å². The molecule has 5 nitrogen and oxygen atoms in total. The van der Waals surface area contributed by atoms with E-state index in [1.54, 1.807) is 13.3 Å². The SMILES string of the molecule is COc1ccc(Nc2nccc(Nc3cccc(Br)c3)n2)cc1. The molecule has 0 saturated heterocycles. The molecule has 0 aliphatic carbocycles. The largest absolute Gasteiger partial charge is 0.497 e. The minimum atomic E-state index is 0.523. The van der Waals surface area contributed by atoms with E-state index in [1.165, 1.54) is 0 Å². The molecule has 116 valence electrons. The highest BCUT2D eigenvalue weighted by molar-refractivity contribution is 9.10. The lowest BCUT2D eigenvalue weighted by Gasteiger charge is -2.09. The van der Waals surface area contributed by atoms with Gasteiger partial charge in [-0.25, -0.2) is 4.98 Å². The summed E-state index contributed by atoms with van der Waals surface area (Å²) in [5, 5.41) is 6.41. The van der Waals surface area contributed by atoms with Crippen LogP contribution >= 0.6 is 15.9 Å². The molecule has 1 aromatic heterocycles. The Labute approximate surface area is 142 Å².